The van der Waals surface area contributed by atoms with Crippen molar-refractivity contribution in [3.05, 3.63) is 29.8 Å². The van der Waals surface area contributed by atoms with Crippen LogP contribution in [-0.2, 0) is 0 Å². The molecule has 1 aromatic carbocycles. The summed E-state index contributed by atoms with van der Waals surface area (Å²) in [7, 11) is 1.69. The number of nitrogens with zero attached hydrogens (tertiary/aromatic N) is 1. The molecule has 1 aromatic rings. The van der Waals surface area contributed by atoms with Crippen molar-refractivity contribution in [1.82, 2.24) is 0 Å². The van der Waals surface area contributed by atoms with E-state index in [0.717, 1.165) is 12.2 Å². The number of rotatable bonds is 2. The van der Waals surface area contributed by atoms with E-state index in [9.17, 15) is 0 Å². The highest BCUT2D eigenvalue weighted by Gasteiger charge is 2.14. The number of aliphatic imine (C=N–C) groups is 1. The first-order valence-corrected chi connectivity index (χ1v) is 5.47. The van der Waals surface area contributed by atoms with Crippen molar-refractivity contribution < 1.29 is 4.74 Å². The second-order valence-corrected chi connectivity index (χ2v) is 4.05. The minimum atomic E-state index is 0.365. The maximum atomic E-state index is 5.14. The van der Waals surface area contributed by atoms with Gasteiger partial charge in [0, 0.05) is 5.71 Å². The van der Waals surface area contributed by atoms with Crippen LogP contribution in [0.5, 0.6) is 5.75 Å². The van der Waals surface area contributed by atoms with Crippen LogP contribution < -0.4 is 4.74 Å². The van der Waals surface area contributed by atoms with Gasteiger partial charge in [0.15, 0.2) is 0 Å². The van der Waals surface area contributed by atoms with Crippen LogP contribution in [0.1, 0.15) is 37.8 Å². The molecule has 0 radical (unpaired) electrons. The predicted octanol–water partition coefficient (Wildman–Crippen LogP) is 3.38. The first-order chi connectivity index (χ1) is 7.29. The lowest BCUT2D eigenvalue weighted by Crippen LogP contribution is -2.06. The van der Waals surface area contributed by atoms with Crippen molar-refractivity contribution in [3.8, 4) is 5.75 Å². The fraction of sp³-hybridized carbons (Fsp3) is 0.462. The van der Waals surface area contributed by atoms with Crippen molar-refractivity contribution in [2.45, 2.75) is 32.2 Å². The zero-order valence-electron chi connectivity index (χ0n) is 9.36. The monoisotopic (exact) mass is 203 g/mol. The molecule has 2 rings (SSSR count). The van der Waals surface area contributed by atoms with E-state index in [-0.39, 0.29) is 0 Å². The third-order valence-corrected chi connectivity index (χ3v) is 2.89. The van der Waals surface area contributed by atoms with Crippen LogP contribution in [0.15, 0.2) is 29.3 Å². The largest absolute Gasteiger partial charge is 0.497 e. The molecule has 2 heteroatoms. The maximum Gasteiger partial charge on any atom is 0.118 e. The van der Waals surface area contributed by atoms with Crippen molar-refractivity contribution in [2.24, 2.45) is 4.99 Å². The minimum absolute atomic E-state index is 0.365. The lowest BCUT2D eigenvalue weighted by atomic mass is 9.97. The zero-order valence-corrected chi connectivity index (χ0v) is 9.36. The molecule has 2 nitrogen and oxygen atoms in total. The lowest BCUT2D eigenvalue weighted by Gasteiger charge is -2.19. The number of hydrogen-bond donors (Lipinski definition) is 0. The van der Waals surface area contributed by atoms with Crippen molar-refractivity contribution in [1.29, 1.82) is 0 Å². The van der Waals surface area contributed by atoms with Gasteiger partial charge < -0.3 is 4.74 Å². The smallest absolute Gasteiger partial charge is 0.118 e. The van der Waals surface area contributed by atoms with E-state index in [0.29, 0.717) is 6.04 Å². The topological polar surface area (TPSA) is 21.6 Å². The van der Waals surface area contributed by atoms with Gasteiger partial charge in [-0.2, -0.15) is 0 Å². The first-order valence-electron chi connectivity index (χ1n) is 5.47. The third-order valence-electron chi connectivity index (χ3n) is 2.89. The zero-order chi connectivity index (χ0) is 10.7. The second-order valence-electron chi connectivity index (χ2n) is 4.05. The molecule has 0 aliphatic carbocycles. The molecule has 0 fully saturated rings. The Morgan fingerprint density at radius 3 is 2.60 bits per heavy atom. The molecule has 0 amide bonds. The highest BCUT2D eigenvalue weighted by molar-refractivity contribution is 5.82. The van der Waals surface area contributed by atoms with Gasteiger partial charge in [0.1, 0.15) is 5.75 Å². The summed E-state index contributed by atoms with van der Waals surface area (Å²) in [6.45, 7) is 2.12. The van der Waals surface area contributed by atoms with E-state index in [4.69, 9.17) is 4.74 Å². The summed E-state index contributed by atoms with van der Waals surface area (Å²) < 4.78 is 5.14. The number of benzene rings is 1. The molecular formula is C13H17NO. The normalized spacial score (nSPS) is 20.9. The average molecular weight is 203 g/mol. The van der Waals surface area contributed by atoms with E-state index >= 15 is 0 Å². The fourth-order valence-electron chi connectivity index (χ4n) is 2.01. The molecule has 0 spiro atoms. The molecule has 0 aromatic heterocycles. The summed E-state index contributed by atoms with van der Waals surface area (Å²) >= 11 is 0. The van der Waals surface area contributed by atoms with Gasteiger partial charge in [0.2, 0.25) is 0 Å². The third kappa shape index (κ3) is 2.38. The highest BCUT2D eigenvalue weighted by Crippen LogP contribution is 2.28. The van der Waals surface area contributed by atoms with Crippen LogP contribution in [0.3, 0.4) is 0 Å². The molecule has 15 heavy (non-hydrogen) atoms. The second kappa shape index (κ2) is 4.47. The van der Waals surface area contributed by atoms with E-state index in [1.807, 2.05) is 12.1 Å². The van der Waals surface area contributed by atoms with Crippen LogP contribution in [0, 0.1) is 0 Å². The summed E-state index contributed by atoms with van der Waals surface area (Å²) in [5, 5.41) is 0. The Balaban J connectivity index is 2.18. The molecule has 0 saturated heterocycles. The van der Waals surface area contributed by atoms with Crippen molar-refractivity contribution in [3.63, 3.8) is 0 Å². The highest BCUT2D eigenvalue weighted by atomic mass is 16.5. The van der Waals surface area contributed by atoms with Gasteiger partial charge in [-0.3, -0.25) is 4.99 Å². The van der Waals surface area contributed by atoms with Gasteiger partial charge in [-0.15, -0.1) is 0 Å². The molecule has 1 atom stereocenters. The summed E-state index contributed by atoms with van der Waals surface area (Å²) in [5.74, 6) is 0.912. The molecule has 1 unspecified atom stereocenters. The molecular weight excluding hydrogens is 186 g/mol. The van der Waals surface area contributed by atoms with Gasteiger partial charge in [0.25, 0.3) is 0 Å². The van der Waals surface area contributed by atoms with Crippen LogP contribution in [-0.4, -0.2) is 12.8 Å². The Labute approximate surface area is 91.0 Å². The molecule has 0 N–H and O–H groups in total. The molecule has 80 valence electrons. The van der Waals surface area contributed by atoms with Crippen LogP contribution in [0.2, 0.25) is 0 Å². The Hall–Kier alpha value is -1.31. The predicted molar refractivity (Wildman–Crippen MR) is 62.7 cm³/mol. The van der Waals surface area contributed by atoms with Gasteiger partial charge in [-0.25, -0.2) is 0 Å². The van der Waals surface area contributed by atoms with E-state index in [1.165, 1.54) is 24.1 Å². The fourth-order valence-corrected chi connectivity index (χ4v) is 2.01. The average Bonchev–Trinajstić information content (AvgIpc) is 2.29. The van der Waals surface area contributed by atoms with Crippen LogP contribution in [0.25, 0.3) is 0 Å². The molecule has 0 saturated carbocycles. The van der Waals surface area contributed by atoms with Crippen molar-refractivity contribution >= 4 is 5.71 Å². The number of methoxy groups -OCH3 is 1. The summed E-state index contributed by atoms with van der Waals surface area (Å²) in [6, 6.07) is 8.62. The summed E-state index contributed by atoms with van der Waals surface area (Å²) in [5.41, 5.74) is 2.58. The Morgan fingerprint density at radius 1 is 1.27 bits per heavy atom. The Bertz CT molecular complexity index is 353. The maximum absolute atomic E-state index is 5.14. The standard InChI is InChI=1S/C13H17NO/c1-10-4-3-5-13(14-10)11-6-8-12(15-2)9-7-11/h6-9,13H,3-5H2,1-2H3. The minimum Gasteiger partial charge on any atom is -0.497 e. The lowest BCUT2D eigenvalue weighted by molar-refractivity contribution is 0.414. The van der Waals surface area contributed by atoms with Gasteiger partial charge in [-0.1, -0.05) is 12.1 Å². The number of hydrogen-bond acceptors (Lipinski definition) is 2. The molecule has 1 heterocycles. The molecule has 0 bridgehead atoms. The summed E-state index contributed by atoms with van der Waals surface area (Å²) in [6.07, 6.45) is 3.59. The number of ether oxygens (including phenoxy) is 1. The van der Waals surface area contributed by atoms with E-state index in [1.54, 1.807) is 7.11 Å². The molecule has 1 aliphatic heterocycles. The van der Waals surface area contributed by atoms with Crippen LogP contribution in [0.4, 0.5) is 0 Å². The van der Waals surface area contributed by atoms with E-state index < -0.39 is 0 Å². The van der Waals surface area contributed by atoms with Crippen LogP contribution >= 0.6 is 0 Å². The van der Waals surface area contributed by atoms with E-state index in [2.05, 4.69) is 24.0 Å². The first kappa shape index (κ1) is 10.2. The van der Waals surface area contributed by atoms with Gasteiger partial charge in [-0.05, 0) is 43.9 Å². The quantitative estimate of drug-likeness (QED) is 0.722. The summed E-state index contributed by atoms with van der Waals surface area (Å²) in [4.78, 5) is 4.68. The molecule has 1 aliphatic rings. The van der Waals surface area contributed by atoms with Gasteiger partial charge >= 0.3 is 0 Å². The van der Waals surface area contributed by atoms with Crippen molar-refractivity contribution in [2.75, 3.05) is 7.11 Å². The SMILES string of the molecule is COc1ccc(C2CCCC(C)=N2)cc1. The van der Waals surface area contributed by atoms with Gasteiger partial charge in [0.05, 0.1) is 13.2 Å². The Morgan fingerprint density at radius 2 is 2.00 bits per heavy atom. The Kier molecular flexibility index (Phi) is 3.05.